The SMILES string of the molecule is COc1c(C23CCC(CC2)C3(C)C)ccnc1C. The van der Waals surface area contributed by atoms with Crippen LogP contribution in [0.1, 0.15) is 50.8 Å². The molecule has 0 spiro atoms. The first-order chi connectivity index (χ1) is 8.53. The molecule has 2 saturated carbocycles. The molecule has 1 heterocycles. The molecule has 2 nitrogen and oxygen atoms in total. The second kappa shape index (κ2) is 3.72. The number of hydrogen-bond acceptors (Lipinski definition) is 2. The van der Waals surface area contributed by atoms with Gasteiger partial charge in [0.2, 0.25) is 0 Å². The first-order valence-corrected chi connectivity index (χ1v) is 7.03. The van der Waals surface area contributed by atoms with E-state index in [-0.39, 0.29) is 0 Å². The molecule has 0 atom stereocenters. The monoisotopic (exact) mass is 245 g/mol. The lowest BCUT2D eigenvalue weighted by Gasteiger charge is -2.39. The highest BCUT2D eigenvalue weighted by atomic mass is 16.5. The summed E-state index contributed by atoms with van der Waals surface area (Å²) >= 11 is 0. The van der Waals surface area contributed by atoms with E-state index in [9.17, 15) is 0 Å². The second-order valence-corrected chi connectivity index (χ2v) is 6.56. The van der Waals surface area contributed by atoms with E-state index in [1.165, 1.54) is 31.2 Å². The highest BCUT2D eigenvalue weighted by molar-refractivity contribution is 5.45. The molecule has 18 heavy (non-hydrogen) atoms. The van der Waals surface area contributed by atoms with Crippen LogP contribution in [0.2, 0.25) is 0 Å². The Morgan fingerprint density at radius 2 is 1.94 bits per heavy atom. The van der Waals surface area contributed by atoms with E-state index in [0.717, 1.165) is 17.4 Å². The topological polar surface area (TPSA) is 22.1 Å². The average Bonchev–Trinajstić information content (AvgIpc) is 2.76. The zero-order valence-electron chi connectivity index (χ0n) is 11.9. The van der Waals surface area contributed by atoms with Gasteiger partial charge in [0.15, 0.2) is 0 Å². The third-order valence-corrected chi connectivity index (χ3v) is 5.90. The number of nitrogens with zero attached hydrogens (tertiary/aromatic N) is 1. The zero-order valence-corrected chi connectivity index (χ0v) is 11.9. The highest BCUT2D eigenvalue weighted by Crippen LogP contribution is 2.67. The number of hydrogen-bond donors (Lipinski definition) is 0. The third-order valence-electron chi connectivity index (χ3n) is 5.90. The molecule has 0 aromatic carbocycles. The Hall–Kier alpha value is -1.05. The molecule has 0 radical (unpaired) electrons. The van der Waals surface area contributed by atoms with Crippen LogP contribution >= 0.6 is 0 Å². The molecule has 3 rings (SSSR count). The minimum atomic E-state index is 0.316. The van der Waals surface area contributed by atoms with E-state index >= 15 is 0 Å². The van der Waals surface area contributed by atoms with Gasteiger partial charge in [-0.05, 0) is 50.0 Å². The predicted molar refractivity (Wildman–Crippen MR) is 72.9 cm³/mol. The Bertz CT molecular complexity index is 470. The van der Waals surface area contributed by atoms with E-state index in [1.807, 2.05) is 13.1 Å². The molecule has 2 bridgehead atoms. The van der Waals surface area contributed by atoms with Crippen LogP contribution in [0.5, 0.6) is 5.75 Å². The first-order valence-electron chi connectivity index (χ1n) is 7.03. The molecule has 0 aliphatic heterocycles. The predicted octanol–water partition coefficient (Wildman–Crippen LogP) is 3.87. The summed E-state index contributed by atoms with van der Waals surface area (Å²) in [5, 5.41) is 0. The van der Waals surface area contributed by atoms with Crippen molar-refractivity contribution in [3.8, 4) is 5.75 Å². The molecule has 0 amide bonds. The molecule has 0 saturated heterocycles. The van der Waals surface area contributed by atoms with Gasteiger partial charge in [0.25, 0.3) is 0 Å². The lowest BCUT2D eigenvalue weighted by Crippen LogP contribution is -2.35. The van der Waals surface area contributed by atoms with Crippen molar-refractivity contribution in [3.63, 3.8) is 0 Å². The van der Waals surface area contributed by atoms with Gasteiger partial charge in [-0.15, -0.1) is 0 Å². The fraction of sp³-hybridized carbons (Fsp3) is 0.688. The van der Waals surface area contributed by atoms with Crippen molar-refractivity contribution in [1.29, 1.82) is 0 Å². The summed E-state index contributed by atoms with van der Waals surface area (Å²) in [5.74, 6) is 1.91. The van der Waals surface area contributed by atoms with Gasteiger partial charge in [0, 0.05) is 17.2 Å². The minimum absolute atomic E-state index is 0.316. The Morgan fingerprint density at radius 3 is 2.44 bits per heavy atom. The Morgan fingerprint density at radius 1 is 1.28 bits per heavy atom. The number of rotatable bonds is 2. The van der Waals surface area contributed by atoms with Gasteiger partial charge in [-0.2, -0.15) is 0 Å². The van der Waals surface area contributed by atoms with Crippen molar-refractivity contribution in [3.05, 3.63) is 23.5 Å². The number of methoxy groups -OCH3 is 1. The molecule has 1 aromatic heterocycles. The first kappa shape index (κ1) is 12.0. The molecule has 2 heteroatoms. The van der Waals surface area contributed by atoms with Gasteiger partial charge in [0.1, 0.15) is 5.75 Å². The summed E-state index contributed by atoms with van der Waals surface area (Å²) in [6.07, 6.45) is 7.31. The van der Waals surface area contributed by atoms with Crippen molar-refractivity contribution in [2.45, 2.75) is 51.9 Å². The normalized spacial score (nSPS) is 32.8. The summed E-state index contributed by atoms with van der Waals surface area (Å²) in [6.45, 7) is 6.95. The standard InChI is InChI=1S/C16H23NO/c1-11-14(18-4)13(7-10-17-11)16-8-5-12(6-9-16)15(16,2)3/h7,10,12H,5-6,8-9H2,1-4H3. The van der Waals surface area contributed by atoms with E-state index < -0.39 is 0 Å². The number of pyridine rings is 1. The summed E-state index contributed by atoms with van der Waals surface area (Å²) in [6, 6.07) is 2.20. The number of aryl methyl sites for hydroxylation is 1. The van der Waals surface area contributed by atoms with Gasteiger partial charge >= 0.3 is 0 Å². The van der Waals surface area contributed by atoms with Gasteiger partial charge in [0.05, 0.1) is 12.8 Å². The van der Waals surface area contributed by atoms with E-state index in [4.69, 9.17) is 4.74 Å². The van der Waals surface area contributed by atoms with E-state index in [2.05, 4.69) is 24.9 Å². The highest BCUT2D eigenvalue weighted by Gasteiger charge is 2.60. The van der Waals surface area contributed by atoms with Crippen molar-refractivity contribution in [1.82, 2.24) is 4.98 Å². The van der Waals surface area contributed by atoms with Crippen molar-refractivity contribution in [2.75, 3.05) is 7.11 Å². The second-order valence-electron chi connectivity index (χ2n) is 6.56. The van der Waals surface area contributed by atoms with Crippen LogP contribution in [0, 0.1) is 18.3 Å². The maximum absolute atomic E-state index is 5.66. The van der Waals surface area contributed by atoms with Gasteiger partial charge in [-0.1, -0.05) is 13.8 Å². The molecule has 98 valence electrons. The average molecular weight is 245 g/mol. The molecule has 2 fully saturated rings. The van der Waals surface area contributed by atoms with Crippen molar-refractivity contribution in [2.24, 2.45) is 11.3 Å². The van der Waals surface area contributed by atoms with Crippen LogP contribution in [0.25, 0.3) is 0 Å². The van der Waals surface area contributed by atoms with Crippen LogP contribution in [0.4, 0.5) is 0 Å². The zero-order chi connectivity index (χ0) is 13.0. The maximum atomic E-state index is 5.66. The van der Waals surface area contributed by atoms with E-state index in [0.29, 0.717) is 10.8 Å². The molecule has 2 aliphatic rings. The van der Waals surface area contributed by atoms with Crippen LogP contribution in [-0.2, 0) is 5.41 Å². The molecular weight excluding hydrogens is 222 g/mol. The lowest BCUT2D eigenvalue weighted by molar-refractivity contribution is 0.209. The van der Waals surface area contributed by atoms with Gasteiger partial charge in [-0.3, -0.25) is 4.98 Å². The number of aromatic nitrogens is 1. The molecule has 0 unspecified atom stereocenters. The Labute approximate surface area is 110 Å². The van der Waals surface area contributed by atoms with Gasteiger partial charge < -0.3 is 4.74 Å². The largest absolute Gasteiger partial charge is 0.495 e. The fourth-order valence-corrected chi connectivity index (χ4v) is 4.67. The van der Waals surface area contributed by atoms with E-state index in [1.54, 1.807) is 7.11 Å². The molecule has 2 aliphatic carbocycles. The lowest BCUT2D eigenvalue weighted by atomic mass is 9.65. The fourth-order valence-electron chi connectivity index (χ4n) is 4.67. The van der Waals surface area contributed by atoms with Gasteiger partial charge in [-0.25, -0.2) is 0 Å². The van der Waals surface area contributed by atoms with Crippen LogP contribution in [0.3, 0.4) is 0 Å². The third kappa shape index (κ3) is 1.27. The number of ether oxygens (including phenoxy) is 1. The summed E-state index contributed by atoms with van der Waals surface area (Å²) in [4.78, 5) is 4.38. The maximum Gasteiger partial charge on any atom is 0.143 e. The van der Waals surface area contributed by atoms with Crippen LogP contribution < -0.4 is 4.74 Å². The smallest absolute Gasteiger partial charge is 0.143 e. The molecular formula is C16H23NO. The molecule has 1 aromatic rings. The minimum Gasteiger partial charge on any atom is -0.495 e. The summed E-state index contributed by atoms with van der Waals surface area (Å²) in [5.41, 5.74) is 3.14. The van der Waals surface area contributed by atoms with Crippen molar-refractivity contribution < 1.29 is 4.74 Å². The Balaban J connectivity index is 2.18. The summed E-state index contributed by atoms with van der Waals surface area (Å²) < 4.78 is 5.66. The Kier molecular flexibility index (Phi) is 2.48. The molecule has 0 N–H and O–H groups in total. The summed E-state index contributed by atoms with van der Waals surface area (Å²) in [7, 11) is 1.78. The van der Waals surface area contributed by atoms with Crippen molar-refractivity contribution >= 4 is 0 Å². The van der Waals surface area contributed by atoms with Crippen LogP contribution in [-0.4, -0.2) is 12.1 Å². The van der Waals surface area contributed by atoms with Crippen LogP contribution in [0.15, 0.2) is 12.3 Å². The quantitative estimate of drug-likeness (QED) is 0.789. The number of fused-ring (bicyclic) bond motifs is 2.